The first-order valence-electron chi connectivity index (χ1n) is 6.89. The molecule has 3 N–H and O–H groups in total. The lowest BCUT2D eigenvalue weighted by Crippen LogP contribution is -2.26. The minimum absolute atomic E-state index is 0.0669. The molecule has 0 spiro atoms. The van der Waals surface area contributed by atoms with Crippen LogP contribution >= 0.6 is 23.2 Å². The number of aromatic amines is 1. The Hall–Kier alpha value is -2.57. The van der Waals surface area contributed by atoms with Gasteiger partial charge in [-0.25, -0.2) is 0 Å². The monoisotopic (exact) mass is 363 g/mol. The number of H-pyrrole nitrogens is 1. The van der Waals surface area contributed by atoms with E-state index in [-0.39, 0.29) is 28.9 Å². The van der Waals surface area contributed by atoms with Gasteiger partial charge in [-0.2, -0.15) is 0 Å². The lowest BCUT2D eigenvalue weighted by molar-refractivity contribution is 0.0943. The van der Waals surface area contributed by atoms with Gasteiger partial charge in [0.1, 0.15) is 5.52 Å². The van der Waals surface area contributed by atoms with Gasteiger partial charge in [-0.1, -0.05) is 23.2 Å². The van der Waals surface area contributed by atoms with Crippen molar-refractivity contribution in [2.24, 2.45) is 0 Å². The number of nitrogens with zero attached hydrogens (tertiary/aromatic N) is 1. The number of aromatic nitrogens is 2. The van der Waals surface area contributed by atoms with Crippen LogP contribution in [0, 0.1) is 0 Å². The molecule has 24 heavy (non-hydrogen) atoms. The number of carbonyl (C=O) groups is 1. The number of fused-ring (bicyclic) bond motifs is 1. The topological polar surface area (TPSA) is 95.1 Å². The Bertz CT molecular complexity index is 981. The number of nitrogens with one attached hydrogen (secondary N) is 2. The standard InChI is InChI=1S/C16H11Cl2N3O3/c17-9-4-8(5-10(18)6-9)7-20-16(24)13-14(22)12-11(15(23)21-13)2-1-3-19-12/h1-6,22H,7H2,(H,20,24)(H,21,23). The van der Waals surface area contributed by atoms with Crippen LogP contribution in [0.2, 0.25) is 10.0 Å². The number of halogens is 2. The maximum atomic E-state index is 12.3. The summed E-state index contributed by atoms with van der Waals surface area (Å²) in [7, 11) is 0. The van der Waals surface area contributed by atoms with E-state index < -0.39 is 11.5 Å². The second-order valence-electron chi connectivity index (χ2n) is 5.04. The van der Waals surface area contributed by atoms with Crippen molar-refractivity contribution < 1.29 is 9.90 Å². The predicted octanol–water partition coefficient (Wildman–Crippen LogP) is 2.87. The van der Waals surface area contributed by atoms with Gasteiger partial charge in [0.2, 0.25) is 0 Å². The van der Waals surface area contributed by atoms with E-state index in [4.69, 9.17) is 23.2 Å². The molecule has 1 amide bonds. The number of amides is 1. The number of benzene rings is 1. The van der Waals surface area contributed by atoms with Crippen molar-refractivity contribution in [2.75, 3.05) is 0 Å². The van der Waals surface area contributed by atoms with Crippen LogP contribution in [0.25, 0.3) is 10.9 Å². The van der Waals surface area contributed by atoms with Gasteiger partial charge in [0, 0.05) is 22.8 Å². The zero-order valence-corrected chi connectivity index (χ0v) is 13.6. The van der Waals surface area contributed by atoms with Gasteiger partial charge in [-0.3, -0.25) is 14.6 Å². The van der Waals surface area contributed by atoms with Crippen LogP contribution in [0.5, 0.6) is 5.75 Å². The summed E-state index contributed by atoms with van der Waals surface area (Å²) in [5, 5.41) is 13.9. The molecule has 0 atom stereocenters. The van der Waals surface area contributed by atoms with Gasteiger partial charge in [0.25, 0.3) is 11.5 Å². The van der Waals surface area contributed by atoms with E-state index in [2.05, 4.69) is 15.3 Å². The Morgan fingerprint density at radius 2 is 1.96 bits per heavy atom. The fraction of sp³-hybridized carbons (Fsp3) is 0.0625. The van der Waals surface area contributed by atoms with Crippen molar-refractivity contribution in [3.8, 4) is 5.75 Å². The number of carbonyl (C=O) groups excluding carboxylic acids is 1. The SMILES string of the molecule is O=C(NCc1cc(Cl)cc(Cl)c1)c1[nH]c(=O)c2cccnc2c1O. The minimum Gasteiger partial charge on any atom is -0.504 e. The van der Waals surface area contributed by atoms with E-state index in [1.54, 1.807) is 24.3 Å². The van der Waals surface area contributed by atoms with E-state index in [0.717, 1.165) is 0 Å². The molecule has 3 rings (SSSR count). The average molecular weight is 364 g/mol. The molecule has 2 heterocycles. The number of pyridine rings is 2. The number of aromatic hydroxyl groups is 1. The van der Waals surface area contributed by atoms with Crippen LogP contribution in [0.3, 0.4) is 0 Å². The summed E-state index contributed by atoms with van der Waals surface area (Å²) in [6.45, 7) is 0.126. The van der Waals surface area contributed by atoms with Crippen molar-refractivity contribution in [1.29, 1.82) is 0 Å². The van der Waals surface area contributed by atoms with Crippen molar-refractivity contribution in [3.63, 3.8) is 0 Å². The quantitative estimate of drug-likeness (QED) is 0.666. The highest BCUT2D eigenvalue weighted by atomic mass is 35.5. The summed E-state index contributed by atoms with van der Waals surface area (Å²) in [6, 6.07) is 7.96. The van der Waals surface area contributed by atoms with Gasteiger partial charge in [-0.05, 0) is 35.9 Å². The highest BCUT2D eigenvalue weighted by Gasteiger charge is 2.17. The van der Waals surface area contributed by atoms with Crippen molar-refractivity contribution in [2.45, 2.75) is 6.54 Å². The normalized spacial score (nSPS) is 10.8. The van der Waals surface area contributed by atoms with Crippen LogP contribution in [0.15, 0.2) is 41.3 Å². The number of hydrogen-bond donors (Lipinski definition) is 3. The second kappa shape index (κ2) is 6.51. The summed E-state index contributed by atoms with van der Waals surface area (Å²) in [6.07, 6.45) is 1.43. The van der Waals surface area contributed by atoms with Gasteiger partial charge < -0.3 is 15.4 Å². The van der Waals surface area contributed by atoms with E-state index in [1.807, 2.05) is 0 Å². The van der Waals surface area contributed by atoms with E-state index in [1.165, 1.54) is 12.3 Å². The van der Waals surface area contributed by atoms with Crippen LogP contribution in [0.1, 0.15) is 16.1 Å². The van der Waals surface area contributed by atoms with Crippen molar-refractivity contribution in [1.82, 2.24) is 15.3 Å². The Balaban J connectivity index is 1.89. The third kappa shape index (κ3) is 3.20. The fourth-order valence-electron chi connectivity index (χ4n) is 2.28. The zero-order valence-electron chi connectivity index (χ0n) is 12.1. The maximum absolute atomic E-state index is 12.3. The number of rotatable bonds is 3. The Kier molecular flexibility index (Phi) is 4.42. The molecule has 2 aromatic heterocycles. The third-order valence-corrected chi connectivity index (χ3v) is 3.79. The molecule has 0 saturated heterocycles. The summed E-state index contributed by atoms with van der Waals surface area (Å²) in [5.41, 5.74) is -0.00928. The fourth-order valence-corrected chi connectivity index (χ4v) is 2.85. The highest BCUT2D eigenvalue weighted by Crippen LogP contribution is 2.23. The van der Waals surface area contributed by atoms with Crippen LogP contribution in [-0.2, 0) is 6.54 Å². The van der Waals surface area contributed by atoms with Crippen LogP contribution in [0.4, 0.5) is 0 Å². The smallest absolute Gasteiger partial charge is 0.272 e. The molecule has 0 bridgehead atoms. The summed E-state index contributed by atoms with van der Waals surface area (Å²) < 4.78 is 0. The number of hydrogen-bond acceptors (Lipinski definition) is 4. The average Bonchev–Trinajstić information content (AvgIpc) is 2.55. The van der Waals surface area contributed by atoms with E-state index >= 15 is 0 Å². The molecule has 0 radical (unpaired) electrons. The molecule has 1 aromatic carbocycles. The summed E-state index contributed by atoms with van der Waals surface area (Å²) >= 11 is 11.8. The Morgan fingerprint density at radius 3 is 2.67 bits per heavy atom. The lowest BCUT2D eigenvalue weighted by atomic mass is 10.2. The summed E-state index contributed by atoms with van der Waals surface area (Å²) in [4.78, 5) is 30.6. The highest BCUT2D eigenvalue weighted by molar-refractivity contribution is 6.34. The molecule has 3 aromatic rings. The van der Waals surface area contributed by atoms with Gasteiger partial charge in [0.05, 0.1) is 5.39 Å². The van der Waals surface area contributed by atoms with Gasteiger partial charge in [0.15, 0.2) is 11.4 Å². The lowest BCUT2D eigenvalue weighted by Gasteiger charge is -2.09. The Labute approximate surface area is 146 Å². The molecule has 6 nitrogen and oxygen atoms in total. The van der Waals surface area contributed by atoms with Crippen LogP contribution < -0.4 is 10.9 Å². The third-order valence-electron chi connectivity index (χ3n) is 3.35. The first kappa shape index (κ1) is 16.3. The predicted molar refractivity (Wildman–Crippen MR) is 91.7 cm³/mol. The van der Waals surface area contributed by atoms with E-state index in [0.29, 0.717) is 15.6 Å². The molecular weight excluding hydrogens is 353 g/mol. The molecule has 0 aliphatic carbocycles. The first-order chi connectivity index (χ1) is 11.5. The van der Waals surface area contributed by atoms with E-state index in [9.17, 15) is 14.7 Å². The van der Waals surface area contributed by atoms with Gasteiger partial charge in [-0.15, -0.1) is 0 Å². The molecular formula is C16H11Cl2N3O3. The molecule has 0 aliphatic rings. The van der Waals surface area contributed by atoms with Crippen molar-refractivity contribution in [3.05, 3.63) is 68.2 Å². The second-order valence-corrected chi connectivity index (χ2v) is 5.91. The molecule has 0 saturated carbocycles. The first-order valence-corrected chi connectivity index (χ1v) is 7.64. The largest absolute Gasteiger partial charge is 0.504 e. The molecule has 0 fully saturated rings. The Morgan fingerprint density at radius 1 is 1.25 bits per heavy atom. The molecule has 8 heteroatoms. The summed E-state index contributed by atoms with van der Waals surface area (Å²) in [5.74, 6) is -1.03. The zero-order chi connectivity index (χ0) is 17.3. The van der Waals surface area contributed by atoms with Crippen molar-refractivity contribution >= 4 is 40.0 Å². The maximum Gasteiger partial charge on any atom is 0.272 e. The van der Waals surface area contributed by atoms with Gasteiger partial charge >= 0.3 is 0 Å². The molecule has 0 aliphatic heterocycles. The molecule has 0 unspecified atom stereocenters. The molecule has 122 valence electrons. The minimum atomic E-state index is -0.645. The van der Waals surface area contributed by atoms with Crippen LogP contribution in [-0.4, -0.2) is 21.0 Å².